The Labute approximate surface area is 167 Å². The van der Waals surface area contributed by atoms with Gasteiger partial charge < -0.3 is 14.9 Å². The van der Waals surface area contributed by atoms with Crippen molar-refractivity contribution in [2.24, 2.45) is 0 Å². The summed E-state index contributed by atoms with van der Waals surface area (Å²) < 4.78 is 4.87. The molecule has 1 unspecified atom stereocenters. The molecule has 4 heteroatoms. The van der Waals surface area contributed by atoms with Gasteiger partial charge in [0.25, 0.3) is 0 Å². The Kier molecular flexibility index (Phi) is 20.7. The predicted octanol–water partition coefficient (Wildman–Crippen LogP) is 5.70. The maximum Gasteiger partial charge on any atom is 0.305 e. The molecule has 0 aliphatic heterocycles. The van der Waals surface area contributed by atoms with Crippen molar-refractivity contribution in [3.8, 4) is 0 Å². The number of rotatable bonds is 20. The van der Waals surface area contributed by atoms with Crippen LogP contribution < -0.4 is 0 Å². The van der Waals surface area contributed by atoms with Gasteiger partial charge in [-0.05, 0) is 32.1 Å². The lowest BCUT2D eigenvalue weighted by atomic mass is 10.1. The molecule has 0 heterocycles. The summed E-state index contributed by atoms with van der Waals surface area (Å²) in [6, 6.07) is 0. The van der Waals surface area contributed by atoms with Crippen molar-refractivity contribution < 1.29 is 19.7 Å². The lowest BCUT2D eigenvalue weighted by Crippen LogP contribution is -2.21. The maximum atomic E-state index is 11.4. The highest BCUT2D eigenvalue weighted by Crippen LogP contribution is 2.11. The Morgan fingerprint density at radius 2 is 1.30 bits per heavy atom. The number of hydrogen-bond donors (Lipinski definition) is 2. The lowest BCUT2D eigenvalue weighted by molar-refractivity contribution is -0.147. The molecule has 0 aromatic heterocycles. The van der Waals surface area contributed by atoms with Gasteiger partial charge in [-0.3, -0.25) is 4.79 Å². The monoisotopic (exact) mass is 384 g/mol. The SMILES string of the molecule is CCCCCCCCC=CCCCCCCCCCC(=O)OCC(O)CO. The first kappa shape index (κ1) is 26.1. The lowest BCUT2D eigenvalue weighted by Gasteiger charge is -2.08. The van der Waals surface area contributed by atoms with Crippen LogP contribution in [0.25, 0.3) is 0 Å². The summed E-state index contributed by atoms with van der Waals surface area (Å²) in [7, 11) is 0. The smallest absolute Gasteiger partial charge is 0.305 e. The summed E-state index contributed by atoms with van der Waals surface area (Å²) in [5, 5.41) is 17.7. The fraction of sp³-hybridized carbons (Fsp3) is 0.870. The Balaban J connectivity index is 3.20. The molecule has 0 aliphatic rings. The first-order valence-corrected chi connectivity index (χ1v) is 11.3. The molecule has 0 aromatic rings. The minimum Gasteiger partial charge on any atom is -0.463 e. The van der Waals surface area contributed by atoms with Gasteiger partial charge in [-0.15, -0.1) is 0 Å². The highest BCUT2D eigenvalue weighted by molar-refractivity contribution is 5.69. The van der Waals surface area contributed by atoms with E-state index in [9.17, 15) is 4.79 Å². The molecule has 0 spiro atoms. The van der Waals surface area contributed by atoms with Crippen molar-refractivity contribution in [3.63, 3.8) is 0 Å². The van der Waals surface area contributed by atoms with Gasteiger partial charge in [0.2, 0.25) is 0 Å². The molecule has 4 nitrogen and oxygen atoms in total. The van der Waals surface area contributed by atoms with Gasteiger partial charge in [-0.1, -0.05) is 83.3 Å². The zero-order valence-corrected chi connectivity index (χ0v) is 17.7. The number of ether oxygens (including phenoxy) is 1. The van der Waals surface area contributed by atoms with Crippen LogP contribution in [0.4, 0.5) is 0 Å². The van der Waals surface area contributed by atoms with Crippen LogP contribution in [0, 0.1) is 0 Å². The molecule has 0 radical (unpaired) electrons. The van der Waals surface area contributed by atoms with Crippen LogP contribution in [-0.2, 0) is 9.53 Å². The highest BCUT2D eigenvalue weighted by Gasteiger charge is 2.07. The Morgan fingerprint density at radius 3 is 1.81 bits per heavy atom. The average molecular weight is 385 g/mol. The molecular weight excluding hydrogens is 340 g/mol. The summed E-state index contributed by atoms with van der Waals surface area (Å²) in [5.74, 6) is -0.282. The number of carbonyl (C=O) groups excluding carboxylic acids is 1. The molecule has 0 aliphatic carbocycles. The third-order valence-corrected chi connectivity index (χ3v) is 4.79. The third-order valence-electron chi connectivity index (χ3n) is 4.79. The summed E-state index contributed by atoms with van der Waals surface area (Å²) >= 11 is 0. The number of hydrogen-bond acceptors (Lipinski definition) is 4. The standard InChI is InChI=1S/C23H44O4/c1-2-3-4-5-6-7-8-9-10-11-12-13-14-15-16-17-18-19-23(26)27-21-22(25)20-24/h9-10,22,24-25H,2-8,11-21H2,1H3. The van der Waals surface area contributed by atoms with E-state index in [2.05, 4.69) is 19.1 Å². The van der Waals surface area contributed by atoms with Crippen LogP contribution in [0.3, 0.4) is 0 Å². The fourth-order valence-electron chi connectivity index (χ4n) is 3.01. The van der Waals surface area contributed by atoms with Crippen molar-refractivity contribution in [1.82, 2.24) is 0 Å². The zero-order chi connectivity index (χ0) is 20.0. The van der Waals surface area contributed by atoms with Crippen LogP contribution in [0.15, 0.2) is 12.2 Å². The fourth-order valence-corrected chi connectivity index (χ4v) is 3.01. The molecule has 1 atom stereocenters. The minimum atomic E-state index is -0.959. The predicted molar refractivity (Wildman–Crippen MR) is 113 cm³/mol. The van der Waals surface area contributed by atoms with E-state index in [-0.39, 0.29) is 19.2 Å². The van der Waals surface area contributed by atoms with E-state index in [1.165, 1.54) is 83.5 Å². The number of aliphatic hydroxyl groups is 2. The first-order valence-electron chi connectivity index (χ1n) is 11.3. The van der Waals surface area contributed by atoms with E-state index < -0.39 is 6.10 Å². The molecule has 160 valence electrons. The van der Waals surface area contributed by atoms with E-state index in [0.717, 1.165) is 12.8 Å². The molecule has 27 heavy (non-hydrogen) atoms. The number of esters is 1. The number of carbonyl (C=O) groups is 1. The van der Waals surface area contributed by atoms with E-state index in [1.807, 2.05) is 0 Å². The second-order valence-electron chi connectivity index (χ2n) is 7.56. The third kappa shape index (κ3) is 21.3. The van der Waals surface area contributed by atoms with E-state index in [4.69, 9.17) is 14.9 Å². The first-order chi connectivity index (χ1) is 13.2. The van der Waals surface area contributed by atoms with E-state index in [1.54, 1.807) is 0 Å². The van der Waals surface area contributed by atoms with Crippen molar-refractivity contribution in [3.05, 3.63) is 12.2 Å². The molecule has 0 saturated heterocycles. The number of unbranched alkanes of at least 4 members (excludes halogenated alkanes) is 13. The quantitative estimate of drug-likeness (QED) is 0.160. The van der Waals surface area contributed by atoms with Gasteiger partial charge in [-0.25, -0.2) is 0 Å². The Hall–Kier alpha value is -0.870. The van der Waals surface area contributed by atoms with Crippen molar-refractivity contribution in [2.45, 2.75) is 116 Å². The summed E-state index contributed by atoms with van der Waals surface area (Å²) in [6.45, 7) is 1.78. The molecule has 2 N–H and O–H groups in total. The van der Waals surface area contributed by atoms with Crippen LogP contribution in [0.5, 0.6) is 0 Å². The number of allylic oxidation sites excluding steroid dienone is 2. The van der Waals surface area contributed by atoms with Gasteiger partial charge in [0.15, 0.2) is 0 Å². The largest absolute Gasteiger partial charge is 0.463 e. The van der Waals surface area contributed by atoms with Crippen LogP contribution >= 0.6 is 0 Å². The highest BCUT2D eigenvalue weighted by atomic mass is 16.5. The Bertz CT molecular complexity index is 341. The van der Waals surface area contributed by atoms with Gasteiger partial charge in [0, 0.05) is 6.42 Å². The van der Waals surface area contributed by atoms with Gasteiger partial charge in [0.05, 0.1) is 6.61 Å². The maximum absolute atomic E-state index is 11.4. The van der Waals surface area contributed by atoms with Crippen molar-refractivity contribution in [2.75, 3.05) is 13.2 Å². The summed E-state index contributed by atoms with van der Waals surface area (Å²) in [4.78, 5) is 11.4. The normalized spacial score (nSPS) is 12.6. The average Bonchev–Trinajstić information content (AvgIpc) is 2.68. The van der Waals surface area contributed by atoms with Crippen molar-refractivity contribution in [1.29, 1.82) is 0 Å². The van der Waals surface area contributed by atoms with Crippen molar-refractivity contribution >= 4 is 5.97 Å². The van der Waals surface area contributed by atoms with Crippen LogP contribution in [0.2, 0.25) is 0 Å². The summed E-state index contributed by atoms with van der Waals surface area (Å²) in [6.07, 6.45) is 23.0. The topological polar surface area (TPSA) is 66.8 Å². The molecular formula is C23H44O4. The molecule has 0 rings (SSSR count). The summed E-state index contributed by atoms with van der Waals surface area (Å²) in [5.41, 5.74) is 0. The number of aliphatic hydroxyl groups excluding tert-OH is 2. The molecule has 0 aromatic carbocycles. The van der Waals surface area contributed by atoms with Gasteiger partial charge in [-0.2, -0.15) is 0 Å². The zero-order valence-electron chi connectivity index (χ0n) is 17.7. The molecule has 0 amide bonds. The molecule has 0 bridgehead atoms. The van der Waals surface area contributed by atoms with E-state index >= 15 is 0 Å². The van der Waals surface area contributed by atoms with Crippen LogP contribution in [0.1, 0.15) is 110 Å². The molecule has 0 fully saturated rings. The molecule has 0 saturated carbocycles. The van der Waals surface area contributed by atoms with Crippen LogP contribution in [-0.4, -0.2) is 35.5 Å². The second-order valence-corrected chi connectivity index (χ2v) is 7.56. The van der Waals surface area contributed by atoms with E-state index in [0.29, 0.717) is 6.42 Å². The van der Waals surface area contributed by atoms with Gasteiger partial charge >= 0.3 is 5.97 Å². The minimum absolute atomic E-state index is 0.108. The van der Waals surface area contributed by atoms with Gasteiger partial charge in [0.1, 0.15) is 12.7 Å². The second kappa shape index (κ2) is 21.4. The Morgan fingerprint density at radius 1 is 0.815 bits per heavy atom.